The van der Waals surface area contributed by atoms with Gasteiger partial charge >= 0.3 is 0 Å². The molecule has 33 heavy (non-hydrogen) atoms. The van der Waals surface area contributed by atoms with E-state index in [0.717, 1.165) is 12.8 Å². The first-order valence-corrected chi connectivity index (χ1v) is 11.2. The topological polar surface area (TPSA) is 67.5 Å². The van der Waals surface area contributed by atoms with Gasteiger partial charge in [-0.1, -0.05) is 23.7 Å². The molecule has 1 aromatic heterocycles. The van der Waals surface area contributed by atoms with Crippen molar-refractivity contribution in [2.45, 2.75) is 31.0 Å². The average molecular weight is 474 g/mol. The van der Waals surface area contributed by atoms with Crippen LogP contribution in [0.5, 0.6) is 5.75 Å². The Morgan fingerprint density at radius 2 is 2.06 bits per heavy atom. The molecular weight excluding hydrogens is 452 g/mol. The van der Waals surface area contributed by atoms with Gasteiger partial charge in [0, 0.05) is 24.6 Å². The molecule has 1 N–H and O–H groups in total. The summed E-state index contributed by atoms with van der Waals surface area (Å²) in [5, 5.41) is 6.87. The summed E-state index contributed by atoms with van der Waals surface area (Å²) in [5.74, 6) is -0.620. The number of ether oxygens (including phenoxy) is 2. The number of H-pyrrole nitrogens is 1. The van der Waals surface area contributed by atoms with Crippen LogP contribution >= 0.6 is 11.6 Å². The summed E-state index contributed by atoms with van der Waals surface area (Å²) < 4.78 is 39.5. The van der Waals surface area contributed by atoms with Crippen molar-refractivity contribution in [2.75, 3.05) is 19.7 Å². The van der Waals surface area contributed by atoms with Gasteiger partial charge in [0.1, 0.15) is 29.2 Å². The van der Waals surface area contributed by atoms with Crippen LogP contribution in [-0.2, 0) is 4.74 Å². The van der Waals surface area contributed by atoms with Crippen molar-refractivity contribution < 1.29 is 23.0 Å². The van der Waals surface area contributed by atoms with Crippen molar-refractivity contribution in [3.05, 3.63) is 70.9 Å². The zero-order chi connectivity index (χ0) is 23.0. The molecule has 2 saturated heterocycles. The minimum Gasteiger partial charge on any atom is -0.488 e. The third-order valence-electron chi connectivity index (χ3n) is 6.15. The standard InChI is InChI=1S/C24H22ClF2N3O3/c25-18-10-15(6-7-20(18)27)33-16-12-24(32-13-16)8-3-9-30(14-24)23(31)22-11-21(28-29-22)17-4-1-2-5-19(17)26/h1-2,4-7,10-11,16H,3,8-9,12-14H2,(H,28,29)/t16-,24-/m1/s1. The molecule has 2 atom stereocenters. The number of rotatable bonds is 4. The van der Waals surface area contributed by atoms with Crippen LogP contribution in [0.25, 0.3) is 11.3 Å². The Labute approximate surface area is 194 Å². The summed E-state index contributed by atoms with van der Waals surface area (Å²) in [6, 6.07) is 12.1. The predicted molar refractivity (Wildman–Crippen MR) is 118 cm³/mol. The quantitative estimate of drug-likeness (QED) is 0.588. The smallest absolute Gasteiger partial charge is 0.271 e. The number of benzene rings is 2. The summed E-state index contributed by atoms with van der Waals surface area (Å²) in [4.78, 5) is 14.9. The molecule has 0 saturated carbocycles. The largest absolute Gasteiger partial charge is 0.488 e. The fraction of sp³-hybridized carbons (Fsp3) is 0.333. The number of amides is 1. The van der Waals surface area contributed by atoms with E-state index in [-0.39, 0.29) is 17.0 Å². The predicted octanol–water partition coefficient (Wildman–Crippen LogP) is 4.85. The number of halogens is 3. The van der Waals surface area contributed by atoms with Gasteiger partial charge in [-0.05, 0) is 43.2 Å². The highest BCUT2D eigenvalue weighted by Gasteiger charge is 2.45. The molecule has 1 amide bonds. The lowest BCUT2D eigenvalue weighted by Gasteiger charge is -2.39. The molecule has 6 nitrogen and oxygen atoms in total. The molecule has 0 aliphatic carbocycles. The van der Waals surface area contributed by atoms with Crippen molar-refractivity contribution in [3.63, 3.8) is 0 Å². The number of piperidine rings is 1. The van der Waals surface area contributed by atoms with Crippen LogP contribution in [0, 0.1) is 11.6 Å². The minimum absolute atomic E-state index is 0.00452. The van der Waals surface area contributed by atoms with E-state index in [2.05, 4.69) is 10.2 Å². The summed E-state index contributed by atoms with van der Waals surface area (Å²) >= 11 is 5.84. The minimum atomic E-state index is -0.503. The van der Waals surface area contributed by atoms with Gasteiger partial charge < -0.3 is 14.4 Å². The number of hydrogen-bond acceptors (Lipinski definition) is 4. The lowest BCUT2D eigenvalue weighted by Crippen LogP contribution is -2.50. The molecule has 1 spiro atoms. The Hall–Kier alpha value is -2.97. The first kappa shape index (κ1) is 21.9. The number of carbonyl (C=O) groups excluding carboxylic acids is 1. The Bertz CT molecular complexity index is 1190. The van der Waals surface area contributed by atoms with Gasteiger partial charge in [-0.15, -0.1) is 0 Å². The van der Waals surface area contributed by atoms with Crippen molar-refractivity contribution in [1.29, 1.82) is 0 Å². The maximum Gasteiger partial charge on any atom is 0.271 e. The van der Waals surface area contributed by atoms with Gasteiger partial charge in [0.2, 0.25) is 0 Å². The Balaban J connectivity index is 1.26. The Morgan fingerprint density at radius 3 is 2.88 bits per heavy atom. The maximum atomic E-state index is 14.1. The normalized spacial score (nSPS) is 22.6. The first-order valence-electron chi connectivity index (χ1n) is 10.8. The summed E-state index contributed by atoms with van der Waals surface area (Å²) in [5.41, 5.74) is 0.517. The second-order valence-corrected chi connectivity index (χ2v) is 8.90. The number of nitrogens with one attached hydrogen (secondary N) is 1. The molecular formula is C24H22ClF2N3O3. The number of aromatic nitrogens is 2. The van der Waals surface area contributed by atoms with Gasteiger partial charge in [-0.25, -0.2) is 8.78 Å². The van der Waals surface area contributed by atoms with E-state index < -0.39 is 17.2 Å². The molecule has 2 fully saturated rings. The van der Waals surface area contributed by atoms with Gasteiger partial charge in [0.05, 0.1) is 29.5 Å². The van der Waals surface area contributed by atoms with Gasteiger partial charge in [-0.3, -0.25) is 9.89 Å². The molecule has 2 aromatic carbocycles. The van der Waals surface area contributed by atoms with Gasteiger partial charge in [0.15, 0.2) is 0 Å². The molecule has 0 unspecified atom stereocenters. The molecule has 172 valence electrons. The molecule has 3 heterocycles. The number of carbonyl (C=O) groups is 1. The molecule has 3 aromatic rings. The highest BCUT2D eigenvalue weighted by molar-refractivity contribution is 6.30. The van der Waals surface area contributed by atoms with Crippen LogP contribution in [0.4, 0.5) is 8.78 Å². The van der Waals surface area contributed by atoms with Crippen LogP contribution in [0.3, 0.4) is 0 Å². The highest BCUT2D eigenvalue weighted by Crippen LogP contribution is 2.37. The summed E-state index contributed by atoms with van der Waals surface area (Å²) in [7, 11) is 0. The lowest BCUT2D eigenvalue weighted by molar-refractivity contribution is -0.0454. The van der Waals surface area contributed by atoms with Crippen molar-refractivity contribution >= 4 is 17.5 Å². The van der Waals surface area contributed by atoms with E-state index >= 15 is 0 Å². The molecule has 9 heteroatoms. The zero-order valence-corrected chi connectivity index (χ0v) is 18.4. The van der Waals surface area contributed by atoms with Crippen LogP contribution in [0.1, 0.15) is 29.8 Å². The first-order chi connectivity index (χ1) is 15.9. The summed E-state index contributed by atoms with van der Waals surface area (Å²) in [6.07, 6.45) is 1.98. The molecule has 0 radical (unpaired) electrons. The molecule has 5 rings (SSSR count). The highest BCUT2D eigenvalue weighted by atomic mass is 35.5. The van der Waals surface area contributed by atoms with E-state index in [1.807, 2.05) is 0 Å². The SMILES string of the molecule is O=C(c1cc(-c2ccccc2F)n[nH]1)N1CCC[C@@]2(C[C@@H](Oc3ccc(F)c(Cl)c3)CO2)C1. The number of hydrogen-bond donors (Lipinski definition) is 1. The van der Waals surface area contributed by atoms with E-state index in [1.165, 1.54) is 24.3 Å². The second kappa shape index (κ2) is 8.76. The van der Waals surface area contributed by atoms with E-state index in [4.69, 9.17) is 21.1 Å². The van der Waals surface area contributed by atoms with Crippen molar-refractivity contribution in [2.24, 2.45) is 0 Å². The fourth-order valence-corrected chi connectivity index (χ4v) is 4.76. The number of likely N-dealkylation sites (tertiary alicyclic amines) is 1. The average Bonchev–Trinajstić information content (AvgIpc) is 3.44. The third-order valence-corrected chi connectivity index (χ3v) is 6.44. The molecule has 2 aliphatic rings. The zero-order valence-electron chi connectivity index (χ0n) is 17.7. The van der Waals surface area contributed by atoms with E-state index in [0.29, 0.717) is 48.8 Å². The Kier molecular flexibility index (Phi) is 5.80. The van der Waals surface area contributed by atoms with Crippen LogP contribution < -0.4 is 4.74 Å². The lowest BCUT2D eigenvalue weighted by atomic mass is 9.89. The number of aromatic amines is 1. The fourth-order valence-electron chi connectivity index (χ4n) is 4.59. The van der Waals surface area contributed by atoms with Crippen LogP contribution in [0.2, 0.25) is 5.02 Å². The monoisotopic (exact) mass is 473 g/mol. The van der Waals surface area contributed by atoms with Gasteiger partial charge in [0.25, 0.3) is 5.91 Å². The van der Waals surface area contributed by atoms with Crippen LogP contribution in [0.15, 0.2) is 48.5 Å². The number of nitrogens with zero attached hydrogens (tertiary/aromatic N) is 2. The van der Waals surface area contributed by atoms with E-state index in [9.17, 15) is 13.6 Å². The van der Waals surface area contributed by atoms with Gasteiger partial charge in [-0.2, -0.15) is 5.10 Å². The second-order valence-electron chi connectivity index (χ2n) is 8.49. The summed E-state index contributed by atoms with van der Waals surface area (Å²) in [6.45, 7) is 1.39. The molecule has 0 bridgehead atoms. The van der Waals surface area contributed by atoms with Crippen LogP contribution in [-0.4, -0.2) is 52.4 Å². The third kappa shape index (κ3) is 4.45. The van der Waals surface area contributed by atoms with E-state index in [1.54, 1.807) is 29.2 Å². The maximum absolute atomic E-state index is 14.1. The van der Waals surface area contributed by atoms with Crippen molar-refractivity contribution in [1.82, 2.24) is 15.1 Å². The van der Waals surface area contributed by atoms with Crippen molar-refractivity contribution in [3.8, 4) is 17.0 Å². The Morgan fingerprint density at radius 1 is 1.21 bits per heavy atom. The molecule has 2 aliphatic heterocycles.